The molecule has 0 amide bonds. The smallest absolute Gasteiger partial charge is 0.248 e. The molecular weight excluding hydrogens is 386 g/mol. The Morgan fingerprint density at radius 3 is 2.87 bits per heavy atom. The third kappa shape index (κ3) is 3.13. The number of rotatable bonds is 4. The van der Waals surface area contributed by atoms with Gasteiger partial charge in [-0.2, -0.15) is 4.31 Å². The van der Waals surface area contributed by atoms with Crippen LogP contribution in [-0.2, 0) is 10.0 Å². The third-order valence-electron chi connectivity index (χ3n) is 3.68. The molecule has 2 aromatic heterocycles. The highest BCUT2D eigenvalue weighted by atomic mass is 79.9. The van der Waals surface area contributed by atoms with E-state index in [1.54, 1.807) is 26.1 Å². The average molecular weight is 402 g/mol. The highest BCUT2D eigenvalue weighted by molar-refractivity contribution is 9.10. The zero-order valence-corrected chi connectivity index (χ0v) is 15.1. The summed E-state index contributed by atoms with van der Waals surface area (Å²) in [5, 5.41) is 3.72. The van der Waals surface area contributed by atoms with E-state index in [0.29, 0.717) is 30.3 Å². The molecule has 9 heteroatoms. The van der Waals surface area contributed by atoms with Crippen molar-refractivity contribution in [1.82, 2.24) is 14.4 Å². The van der Waals surface area contributed by atoms with Crippen molar-refractivity contribution in [3.63, 3.8) is 0 Å². The van der Waals surface area contributed by atoms with Crippen molar-refractivity contribution < 1.29 is 17.7 Å². The second-order valence-corrected chi connectivity index (χ2v) is 8.06. The van der Waals surface area contributed by atoms with Crippen molar-refractivity contribution in [2.75, 3.05) is 13.1 Å². The Morgan fingerprint density at radius 1 is 1.43 bits per heavy atom. The first-order valence-corrected chi connectivity index (χ1v) is 9.33. The van der Waals surface area contributed by atoms with Gasteiger partial charge < -0.3 is 9.26 Å². The maximum absolute atomic E-state index is 12.7. The van der Waals surface area contributed by atoms with Crippen LogP contribution in [-0.4, -0.2) is 42.1 Å². The molecule has 2 aromatic rings. The highest BCUT2D eigenvalue weighted by Crippen LogP contribution is 2.29. The molecule has 3 rings (SSSR count). The molecule has 1 atom stereocenters. The maximum atomic E-state index is 12.7. The first-order chi connectivity index (χ1) is 10.9. The van der Waals surface area contributed by atoms with Gasteiger partial charge in [-0.3, -0.25) is 0 Å². The van der Waals surface area contributed by atoms with Crippen LogP contribution >= 0.6 is 15.9 Å². The van der Waals surface area contributed by atoms with Crippen molar-refractivity contribution >= 4 is 26.0 Å². The largest absolute Gasteiger partial charge is 0.472 e. The summed E-state index contributed by atoms with van der Waals surface area (Å²) in [6, 6.07) is 3.62. The quantitative estimate of drug-likeness (QED) is 0.780. The lowest BCUT2D eigenvalue weighted by Crippen LogP contribution is -2.31. The van der Waals surface area contributed by atoms with E-state index >= 15 is 0 Å². The SMILES string of the molecule is Cc1noc(C)c1S(=O)(=O)N1CCC(Oc2ncccc2Br)C1. The summed E-state index contributed by atoms with van der Waals surface area (Å²) in [6.45, 7) is 3.89. The van der Waals surface area contributed by atoms with Gasteiger partial charge >= 0.3 is 0 Å². The summed E-state index contributed by atoms with van der Waals surface area (Å²) in [7, 11) is -3.63. The van der Waals surface area contributed by atoms with Gasteiger partial charge in [0.15, 0.2) is 5.76 Å². The third-order valence-corrected chi connectivity index (χ3v) is 6.39. The van der Waals surface area contributed by atoms with Gasteiger partial charge in [0.2, 0.25) is 15.9 Å². The predicted octanol–water partition coefficient (Wildman–Crippen LogP) is 2.29. The standard InChI is InChI=1S/C14H16BrN3O4S/c1-9-13(10(2)22-17-9)23(19,20)18-7-5-11(8-18)21-14-12(15)4-3-6-16-14/h3-4,6,11H,5,7-8H2,1-2H3. The van der Waals surface area contributed by atoms with E-state index in [9.17, 15) is 8.42 Å². The first-order valence-electron chi connectivity index (χ1n) is 7.10. The first kappa shape index (κ1) is 16.4. The van der Waals surface area contributed by atoms with Crippen molar-refractivity contribution in [1.29, 1.82) is 0 Å². The lowest BCUT2D eigenvalue weighted by molar-refractivity contribution is 0.205. The Balaban J connectivity index is 1.76. The highest BCUT2D eigenvalue weighted by Gasteiger charge is 2.37. The second-order valence-electron chi connectivity index (χ2n) is 5.34. The van der Waals surface area contributed by atoms with Crippen molar-refractivity contribution in [3.05, 3.63) is 34.3 Å². The molecular formula is C14H16BrN3O4S. The fourth-order valence-corrected chi connectivity index (χ4v) is 4.73. The summed E-state index contributed by atoms with van der Waals surface area (Å²) >= 11 is 3.37. The topological polar surface area (TPSA) is 85.5 Å². The molecule has 0 radical (unpaired) electrons. The fraction of sp³-hybridized carbons (Fsp3) is 0.429. The van der Waals surface area contributed by atoms with Crippen molar-refractivity contribution in [3.8, 4) is 5.88 Å². The van der Waals surface area contributed by atoms with Crippen LogP contribution in [0.1, 0.15) is 17.9 Å². The molecule has 0 saturated carbocycles. The summed E-state index contributed by atoms with van der Waals surface area (Å²) in [6.07, 6.45) is 2.00. The molecule has 1 unspecified atom stereocenters. The number of aromatic nitrogens is 2. The minimum Gasteiger partial charge on any atom is -0.472 e. The van der Waals surface area contributed by atoms with E-state index in [1.807, 2.05) is 6.07 Å². The Hall–Kier alpha value is -1.45. The lowest BCUT2D eigenvalue weighted by atomic mass is 10.3. The second kappa shape index (κ2) is 6.21. The predicted molar refractivity (Wildman–Crippen MR) is 85.7 cm³/mol. The zero-order valence-electron chi connectivity index (χ0n) is 12.7. The molecule has 1 aliphatic heterocycles. The van der Waals surface area contributed by atoms with E-state index < -0.39 is 10.0 Å². The molecule has 0 aliphatic carbocycles. The number of hydrogen-bond acceptors (Lipinski definition) is 6. The van der Waals surface area contributed by atoms with Gasteiger partial charge in [-0.25, -0.2) is 13.4 Å². The maximum Gasteiger partial charge on any atom is 0.248 e. The summed E-state index contributed by atoms with van der Waals surface area (Å²) in [4.78, 5) is 4.30. The Labute approximate surface area is 142 Å². The fourth-order valence-electron chi connectivity index (χ4n) is 2.60. The average Bonchev–Trinajstić information content (AvgIpc) is 3.09. The summed E-state index contributed by atoms with van der Waals surface area (Å²) in [5.41, 5.74) is 0.374. The summed E-state index contributed by atoms with van der Waals surface area (Å²) < 4.78 is 38.4. The van der Waals surface area contributed by atoms with Crippen molar-refractivity contribution in [2.45, 2.75) is 31.3 Å². The van der Waals surface area contributed by atoms with Crippen LogP contribution in [0.4, 0.5) is 0 Å². The minimum absolute atomic E-state index is 0.150. The van der Waals surface area contributed by atoms with E-state index in [1.165, 1.54) is 4.31 Å². The Kier molecular flexibility index (Phi) is 4.43. The van der Waals surface area contributed by atoms with E-state index in [2.05, 4.69) is 26.1 Å². The number of halogens is 1. The van der Waals surface area contributed by atoms with Gasteiger partial charge in [0, 0.05) is 12.7 Å². The molecule has 124 valence electrons. The number of aryl methyl sites for hydroxylation is 2. The number of ether oxygens (including phenoxy) is 1. The number of nitrogens with zero attached hydrogens (tertiary/aromatic N) is 3. The van der Waals surface area contributed by atoms with E-state index in [0.717, 1.165) is 4.47 Å². The van der Waals surface area contributed by atoms with Crippen LogP contribution in [0.15, 0.2) is 32.2 Å². The number of hydrogen-bond donors (Lipinski definition) is 0. The van der Waals surface area contributed by atoms with Gasteiger partial charge in [0.25, 0.3) is 0 Å². The lowest BCUT2D eigenvalue weighted by Gasteiger charge is -2.17. The zero-order chi connectivity index (χ0) is 16.6. The molecule has 0 spiro atoms. The van der Waals surface area contributed by atoms with Crippen molar-refractivity contribution in [2.24, 2.45) is 0 Å². The van der Waals surface area contributed by atoms with Gasteiger partial charge in [0.1, 0.15) is 16.7 Å². The monoisotopic (exact) mass is 401 g/mol. The van der Waals surface area contributed by atoms with Gasteiger partial charge in [0.05, 0.1) is 11.0 Å². The number of sulfonamides is 1. The molecule has 3 heterocycles. The Bertz CT molecular complexity index is 802. The van der Waals surface area contributed by atoms with Crippen LogP contribution in [0.25, 0.3) is 0 Å². The molecule has 7 nitrogen and oxygen atoms in total. The van der Waals surface area contributed by atoms with Gasteiger partial charge in [-0.05, 0) is 48.3 Å². The molecule has 1 saturated heterocycles. The van der Waals surface area contributed by atoms with Crippen LogP contribution in [0.3, 0.4) is 0 Å². The Morgan fingerprint density at radius 2 is 2.22 bits per heavy atom. The minimum atomic E-state index is -3.63. The molecule has 0 N–H and O–H groups in total. The summed E-state index contributed by atoms with van der Waals surface area (Å²) in [5.74, 6) is 0.772. The normalized spacial score (nSPS) is 19.2. The van der Waals surface area contributed by atoms with Gasteiger partial charge in [-0.15, -0.1) is 0 Å². The number of pyridine rings is 1. The molecule has 23 heavy (non-hydrogen) atoms. The van der Waals surface area contributed by atoms with Crippen LogP contribution in [0.2, 0.25) is 0 Å². The van der Waals surface area contributed by atoms with E-state index in [-0.39, 0.29) is 17.5 Å². The molecule has 1 aliphatic rings. The van der Waals surface area contributed by atoms with Crippen LogP contribution < -0.4 is 4.74 Å². The molecule has 0 bridgehead atoms. The van der Waals surface area contributed by atoms with Crippen LogP contribution in [0, 0.1) is 13.8 Å². The van der Waals surface area contributed by atoms with Crippen LogP contribution in [0.5, 0.6) is 5.88 Å². The van der Waals surface area contributed by atoms with Gasteiger partial charge in [-0.1, -0.05) is 5.16 Å². The molecule has 0 aromatic carbocycles. The van der Waals surface area contributed by atoms with E-state index in [4.69, 9.17) is 9.26 Å². The molecule has 1 fully saturated rings.